The zero-order chi connectivity index (χ0) is 16.8. The number of hydrogen-bond donors (Lipinski definition) is 0. The van der Waals surface area contributed by atoms with Crippen molar-refractivity contribution in [2.24, 2.45) is 0 Å². The predicted molar refractivity (Wildman–Crippen MR) is 89.1 cm³/mol. The van der Waals surface area contributed by atoms with Crippen LogP contribution in [0.15, 0.2) is 10.6 Å². The van der Waals surface area contributed by atoms with E-state index in [9.17, 15) is 0 Å². The number of likely N-dealkylation sites (tertiary alicyclic amines) is 1. The van der Waals surface area contributed by atoms with Crippen LogP contribution in [0.5, 0.6) is 0 Å². The van der Waals surface area contributed by atoms with Gasteiger partial charge in [0.1, 0.15) is 0 Å². The molecule has 5 rings (SSSR count). The minimum absolute atomic E-state index is 0.408. The summed E-state index contributed by atoms with van der Waals surface area (Å²) in [6.07, 6.45) is 5.50. The van der Waals surface area contributed by atoms with E-state index in [0.717, 1.165) is 62.6 Å². The molecule has 0 bridgehead atoms. The highest BCUT2D eigenvalue weighted by Gasteiger charge is 2.26. The van der Waals surface area contributed by atoms with Crippen molar-refractivity contribution in [3.63, 3.8) is 0 Å². The first-order valence-corrected chi connectivity index (χ1v) is 9.02. The summed E-state index contributed by atoms with van der Waals surface area (Å²) in [5.41, 5.74) is 3.45. The van der Waals surface area contributed by atoms with E-state index < -0.39 is 0 Å². The molecular formula is C17H21N7O. The molecule has 130 valence electrons. The van der Waals surface area contributed by atoms with Crippen LogP contribution in [-0.4, -0.2) is 47.9 Å². The summed E-state index contributed by atoms with van der Waals surface area (Å²) < 4.78 is 7.03. The third kappa shape index (κ3) is 2.70. The SMILES string of the molecule is Cc1nc(CN2CCC(c3nnc4cc5c(nn34)CCC5)CC2)no1. The molecule has 1 aliphatic carbocycles. The molecule has 1 fully saturated rings. The third-order valence-electron chi connectivity index (χ3n) is 5.33. The second kappa shape index (κ2) is 5.87. The zero-order valence-electron chi connectivity index (χ0n) is 14.4. The molecule has 3 aromatic heterocycles. The fraction of sp³-hybridized carbons (Fsp3) is 0.588. The lowest BCUT2D eigenvalue weighted by Gasteiger charge is -2.29. The molecule has 4 heterocycles. The van der Waals surface area contributed by atoms with E-state index in [-0.39, 0.29) is 0 Å². The van der Waals surface area contributed by atoms with Gasteiger partial charge in [-0.05, 0) is 56.8 Å². The van der Waals surface area contributed by atoms with Gasteiger partial charge in [-0.1, -0.05) is 5.16 Å². The average Bonchev–Trinajstić information content (AvgIpc) is 3.33. The first-order chi connectivity index (χ1) is 12.3. The lowest BCUT2D eigenvalue weighted by Crippen LogP contribution is -2.33. The van der Waals surface area contributed by atoms with Crippen molar-refractivity contribution in [1.82, 2.24) is 34.9 Å². The van der Waals surface area contributed by atoms with Crippen LogP contribution >= 0.6 is 0 Å². The van der Waals surface area contributed by atoms with Crippen molar-refractivity contribution < 1.29 is 4.52 Å². The second-order valence-electron chi connectivity index (χ2n) is 7.08. The topological polar surface area (TPSA) is 85.2 Å². The van der Waals surface area contributed by atoms with Gasteiger partial charge >= 0.3 is 0 Å². The third-order valence-corrected chi connectivity index (χ3v) is 5.33. The highest BCUT2D eigenvalue weighted by Crippen LogP contribution is 2.28. The van der Waals surface area contributed by atoms with E-state index in [0.29, 0.717) is 11.8 Å². The molecule has 1 saturated heterocycles. The minimum Gasteiger partial charge on any atom is -0.340 e. The van der Waals surface area contributed by atoms with Crippen molar-refractivity contribution in [3.05, 3.63) is 34.9 Å². The number of aryl methyl sites for hydroxylation is 3. The Balaban J connectivity index is 1.31. The van der Waals surface area contributed by atoms with E-state index in [4.69, 9.17) is 9.62 Å². The van der Waals surface area contributed by atoms with E-state index in [2.05, 4.69) is 31.3 Å². The average molecular weight is 339 g/mol. The highest BCUT2D eigenvalue weighted by molar-refractivity contribution is 5.43. The van der Waals surface area contributed by atoms with Crippen LogP contribution in [0.4, 0.5) is 0 Å². The van der Waals surface area contributed by atoms with Crippen molar-refractivity contribution in [2.45, 2.75) is 51.5 Å². The van der Waals surface area contributed by atoms with Gasteiger partial charge in [-0.2, -0.15) is 14.6 Å². The molecule has 0 amide bonds. The van der Waals surface area contributed by atoms with Crippen LogP contribution in [-0.2, 0) is 19.4 Å². The maximum Gasteiger partial charge on any atom is 0.223 e. The van der Waals surface area contributed by atoms with Crippen molar-refractivity contribution >= 4 is 5.65 Å². The molecule has 0 saturated carbocycles. The van der Waals surface area contributed by atoms with Crippen LogP contribution in [0.1, 0.15) is 54.0 Å². The molecule has 8 heteroatoms. The molecule has 3 aromatic rings. The minimum atomic E-state index is 0.408. The van der Waals surface area contributed by atoms with E-state index in [1.54, 1.807) is 0 Å². The number of piperidine rings is 1. The summed E-state index contributed by atoms with van der Waals surface area (Å²) in [4.78, 5) is 6.66. The Morgan fingerprint density at radius 1 is 1.20 bits per heavy atom. The molecule has 8 nitrogen and oxygen atoms in total. The summed E-state index contributed by atoms with van der Waals surface area (Å²) >= 11 is 0. The van der Waals surface area contributed by atoms with Gasteiger partial charge in [0.15, 0.2) is 17.3 Å². The molecule has 25 heavy (non-hydrogen) atoms. The Morgan fingerprint density at radius 3 is 2.88 bits per heavy atom. The molecule has 2 aliphatic rings. The Bertz CT molecular complexity index is 907. The smallest absolute Gasteiger partial charge is 0.223 e. The van der Waals surface area contributed by atoms with Crippen LogP contribution in [0, 0.1) is 6.92 Å². The maximum absolute atomic E-state index is 5.05. The maximum atomic E-state index is 5.05. The largest absolute Gasteiger partial charge is 0.340 e. The lowest BCUT2D eigenvalue weighted by atomic mass is 9.96. The molecule has 0 aromatic carbocycles. The number of aromatic nitrogens is 6. The van der Waals surface area contributed by atoms with Gasteiger partial charge in [-0.3, -0.25) is 4.90 Å². The number of nitrogens with zero attached hydrogens (tertiary/aromatic N) is 7. The van der Waals surface area contributed by atoms with Gasteiger partial charge in [-0.15, -0.1) is 10.2 Å². The van der Waals surface area contributed by atoms with Gasteiger partial charge in [0.25, 0.3) is 0 Å². The first-order valence-electron chi connectivity index (χ1n) is 9.02. The molecule has 0 spiro atoms. The fourth-order valence-corrected chi connectivity index (χ4v) is 4.00. The first kappa shape index (κ1) is 14.9. The quantitative estimate of drug-likeness (QED) is 0.717. The lowest BCUT2D eigenvalue weighted by molar-refractivity contribution is 0.194. The van der Waals surface area contributed by atoms with Gasteiger partial charge in [0.05, 0.1) is 12.2 Å². The van der Waals surface area contributed by atoms with Crippen LogP contribution in [0.2, 0.25) is 0 Å². The number of fused-ring (bicyclic) bond motifs is 2. The van der Waals surface area contributed by atoms with Crippen LogP contribution in [0.25, 0.3) is 5.65 Å². The van der Waals surface area contributed by atoms with Crippen molar-refractivity contribution in [3.8, 4) is 0 Å². The van der Waals surface area contributed by atoms with E-state index in [1.165, 1.54) is 17.7 Å². The van der Waals surface area contributed by atoms with E-state index >= 15 is 0 Å². The van der Waals surface area contributed by atoms with E-state index in [1.807, 2.05) is 11.4 Å². The molecular weight excluding hydrogens is 318 g/mol. The number of hydrogen-bond acceptors (Lipinski definition) is 7. The fourth-order valence-electron chi connectivity index (χ4n) is 4.00. The van der Waals surface area contributed by atoms with Crippen LogP contribution in [0.3, 0.4) is 0 Å². The summed E-state index contributed by atoms with van der Waals surface area (Å²) in [6.45, 7) is 4.56. The normalized spacial score (nSPS) is 18.9. The summed E-state index contributed by atoms with van der Waals surface area (Å²) in [7, 11) is 0. The molecule has 0 atom stereocenters. The summed E-state index contributed by atoms with van der Waals surface area (Å²) in [6, 6.07) is 2.17. The van der Waals surface area contributed by atoms with Crippen LogP contribution < -0.4 is 0 Å². The Labute approximate surface area is 145 Å². The number of rotatable bonds is 3. The predicted octanol–water partition coefficient (Wildman–Crippen LogP) is 1.68. The Kier molecular flexibility index (Phi) is 3.51. The molecule has 0 radical (unpaired) electrons. The molecule has 0 N–H and O–H groups in total. The summed E-state index contributed by atoms with van der Waals surface area (Å²) in [5, 5.41) is 17.6. The highest BCUT2D eigenvalue weighted by atomic mass is 16.5. The standard InChI is InChI=1S/C17H21N7O/c1-11-18-15(22-25-11)10-23-7-5-12(6-8-23)17-20-19-16-9-13-3-2-4-14(13)21-24(16)17/h9,12H,2-8,10H2,1H3. The second-order valence-corrected chi connectivity index (χ2v) is 7.08. The Morgan fingerprint density at radius 2 is 2.08 bits per heavy atom. The van der Waals surface area contributed by atoms with Gasteiger partial charge in [0.2, 0.25) is 5.89 Å². The Hall–Kier alpha value is -2.35. The monoisotopic (exact) mass is 339 g/mol. The van der Waals surface area contributed by atoms with Gasteiger partial charge in [0, 0.05) is 12.8 Å². The van der Waals surface area contributed by atoms with Crippen molar-refractivity contribution in [1.29, 1.82) is 0 Å². The molecule has 1 aliphatic heterocycles. The van der Waals surface area contributed by atoms with Gasteiger partial charge in [-0.25, -0.2) is 0 Å². The summed E-state index contributed by atoms with van der Waals surface area (Å²) in [5.74, 6) is 2.81. The van der Waals surface area contributed by atoms with Gasteiger partial charge < -0.3 is 4.52 Å². The zero-order valence-corrected chi connectivity index (χ0v) is 14.4. The molecule has 0 unspecified atom stereocenters. The van der Waals surface area contributed by atoms with Crippen molar-refractivity contribution in [2.75, 3.05) is 13.1 Å².